The maximum absolute atomic E-state index is 14.6. The number of amides is 1. The Bertz CT molecular complexity index is 751. The van der Waals surface area contributed by atoms with Gasteiger partial charge in [0.05, 0.1) is 23.9 Å². The minimum absolute atomic E-state index is 0.190. The number of aliphatic hydroxyl groups excluding tert-OH is 1. The highest BCUT2D eigenvalue weighted by Gasteiger charge is 2.53. The van der Waals surface area contributed by atoms with E-state index in [1.54, 1.807) is 19.2 Å². The Hall–Kier alpha value is -2.11. The van der Waals surface area contributed by atoms with Gasteiger partial charge >= 0.3 is 5.82 Å². The zero-order valence-electron chi connectivity index (χ0n) is 15.3. The van der Waals surface area contributed by atoms with E-state index in [1.165, 1.54) is 0 Å². The van der Waals surface area contributed by atoms with Crippen molar-refractivity contribution in [2.24, 2.45) is 5.41 Å². The van der Waals surface area contributed by atoms with Crippen LogP contribution in [-0.2, 0) is 4.79 Å². The summed E-state index contributed by atoms with van der Waals surface area (Å²) >= 11 is 0. The Morgan fingerprint density at radius 1 is 1.35 bits per heavy atom. The average molecular weight is 360 g/mol. The van der Waals surface area contributed by atoms with Crippen molar-refractivity contribution < 1.29 is 19.3 Å². The number of carbonyl (C=O) groups excluding carboxylic acids is 1. The molecule has 1 spiro atoms. The SMILES string of the molecule is Cc1cc[nH+]c(N2CCC[C@@]3(CCN([C@@H]4CC=C(O)CC4)C3=O)C2)c1F. The van der Waals surface area contributed by atoms with Crippen LogP contribution in [0.25, 0.3) is 0 Å². The molecule has 0 bridgehead atoms. The van der Waals surface area contributed by atoms with Crippen molar-refractivity contribution in [1.82, 2.24) is 4.90 Å². The molecule has 3 heterocycles. The topological polar surface area (TPSA) is 57.9 Å². The third-order valence-electron chi connectivity index (χ3n) is 6.35. The Kier molecular flexibility index (Phi) is 4.37. The van der Waals surface area contributed by atoms with Crippen molar-refractivity contribution in [3.63, 3.8) is 0 Å². The molecule has 6 heteroatoms. The molecule has 3 aliphatic rings. The molecule has 0 aromatic carbocycles. The highest BCUT2D eigenvalue weighted by molar-refractivity contribution is 5.86. The molecule has 1 amide bonds. The van der Waals surface area contributed by atoms with Crippen molar-refractivity contribution in [2.45, 2.75) is 51.5 Å². The zero-order valence-corrected chi connectivity index (χ0v) is 15.3. The number of aromatic nitrogens is 1. The molecule has 2 N–H and O–H groups in total. The maximum Gasteiger partial charge on any atom is 0.311 e. The highest BCUT2D eigenvalue weighted by atomic mass is 19.1. The van der Waals surface area contributed by atoms with Crippen molar-refractivity contribution in [1.29, 1.82) is 0 Å². The number of H-pyrrole nitrogens is 1. The lowest BCUT2D eigenvalue weighted by Gasteiger charge is -2.37. The van der Waals surface area contributed by atoms with Crippen LogP contribution in [0, 0.1) is 18.2 Å². The van der Waals surface area contributed by atoms with Crippen LogP contribution >= 0.6 is 0 Å². The minimum Gasteiger partial charge on any atom is -0.513 e. The molecule has 2 fully saturated rings. The first-order valence-electron chi connectivity index (χ1n) is 9.61. The first-order chi connectivity index (χ1) is 12.5. The Labute approximate surface area is 153 Å². The lowest BCUT2D eigenvalue weighted by Crippen LogP contribution is -2.51. The second kappa shape index (κ2) is 6.56. The van der Waals surface area contributed by atoms with Gasteiger partial charge in [-0.25, -0.2) is 4.98 Å². The van der Waals surface area contributed by atoms with Gasteiger partial charge in [-0.2, -0.15) is 4.39 Å². The summed E-state index contributed by atoms with van der Waals surface area (Å²) in [6, 6.07) is 1.92. The number of allylic oxidation sites excluding steroid dienone is 1. The number of anilines is 1. The molecular formula is C20H27FN3O2+. The van der Waals surface area contributed by atoms with Crippen LogP contribution in [0.3, 0.4) is 0 Å². The molecule has 1 aromatic rings. The molecule has 0 saturated carbocycles. The monoisotopic (exact) mass is 360 g/mol. The normalized spacial score (nSPS) is 29.4. The van der Waals surface area contributed by atoms with Gasteiger partial charge in [-0.3, -0.25) is 9.69 Å². The molecule has 1 aliphatic carbocycles. The van der Waals surface area contributed by atoms with Gasteiger partial charge < -0.3 is 10.0 Å². The minimum atomic E-state index is -0.397. The largest absolute Gasteiger partial charge is 0.513 e. The van der Waals surface area contributed by atoms with Crippen molar-refractivity contribution in [3.8, 4) is 0 Å². The second-order valence-corrected chi connectivity index (χ2v) is 8.00. The smallest absolute Gasteiger partial charge is 0.311 e. The van der Waals surface area contributed by atoms with Gasteiger partial charge in [0.25, 0.3) is 0 Å². The number of nitrogens with one attached hydrogen (secondary N) is 1. The predicted molar refractivity (Wildman–Crippen MR) is 96.3 cm³/mol. The molecule has 140 valence electrons. The summed E-state index contributed by atoms with van der Waals surface area (Å²) in [6.45, 7) is 3.88. The Morgan fingerprint density at radius 2 is 2.19 bits per heavy atom. The van der Waals surface area contributed by atoms with E-state index in [1.807, 2.05) is 15.9 Å². The van der Waals surface area contributed by atoms with E-state index < -0.39 is 5.41 Å². The van der Waals surface area contributed by atoms with Crippen LogP contribution < -0.4 is 9.88 Å². The van der Waals surface area contributed by atoms with Gasteiger partial charge in [-0.05, 0) is 56.7 Å². The molecule has 0 unspecified atom stereocenters. The Morgan fingerprint density at radius 3 is 2.96 bits per heavy atom. The fourth-order valence-electron chi connectivity index (χ4n) is 4.79. The molecule has 4 rings (SSSR count). The zero-order chi connectivity index (χ0) is 18.3. The summed E-state index contributed by atoms with van der Waals surface area (Å²) in [7, 11) is 0. The number of hydrogen-bond donors (Lipinski definition) is 1. The van der Waals surface area contributed by atoms with E-state index in [-0.39, 0.29) is 17.8 Å². The number of rotatable bonds is 2. The van der Waals surface area contributed by atoms with Gasteiger partial charge in [-0.1, -0.05) is 0 Å². The number of carbonyl (C=O) groups is 1. The number of aromatic amines is 1. The molecule has 2 aliphatic heterocycles. The van der Waals surface area contributed by atoms with E-state index in [0.717, 1.165) is 45.2 Å². The van der Waals surface area contributed by atoms with Gasteiger partial charge in [0.2, 0.25) is 11.7 Å². The fourth-order valence-corrected chi connectivity index (χ4v) is 4.79. The van der Waals surface area contributed by atoms with Crippen LogP contribution in [0.5, 0.6) is 0 Å². The number of piperidine rings is 1. The van der Waals surface area contributed by atoms with E-state index in [0.29, 0.717) is 30.1 Å². The molecule has 26 heavy (non-hydrogen) atoms. The van der Waals surface area contributed by atoms with Gasteiger partial charge in [0, 0.05) is 19.0 Å². The number of aliphatic hydroxyl groups is 1. The van der Waals surface area contributed by atoms with Gasteiger partial charge in [0.1, 0.15) is 6.54 Å². The number of pyridine rings is 1. The molecule has 2 atom stereocenters. The van der Waals surface area contributed by atoms with Gasteiger partial charge in [-0.15, -0.1) is 0 Å². The molecular weight excluding hydrogens is 333 g/mol. The summed E-state index contributed by atoms with van der Waals surface area (Å²) in [5.41, 5.74) is 0.220. The molecule has 2 saturated heterocycles. The summed E-state index contributed by atoms with van der Waals surface area (Å²) < 4.78 is 14.6. The quantitative estimate of drug-likeness (QED) is 0.882. The second-order valence-electron chi connectivity index (χ2n) is 8.00. The van der Waals surface area contributed by atoms with Crippen molar-refractivity contribution in [3.05, 3.63) is 35.5 Å². The van der Waals surface area contributed by atoms with E-state index >= 15 is 0 Å². The molecule has 5 nitrogen and oxygen atoms in total. The van der Waals surface area contributed by atoms with Crippen LogP contribution in [-0.4, -0.2) is 41.6 Å². The summed E-state index contributed by atoms with van der Waals surface area (Å²) in [4.78, 5) is 20.4. The van der Waals surface area contributed by atoms with Crippen LogP contribution in [0.1, 0.15) is 44.1 Å². The first kappa shape index (κ1) is 17.3. The predicted octanol–water partition coefficient (Wildman–Crippen LogP) is 2.76. The van der Waals surface area contributed by atoms with Crippen LogP contribution in [0.4, 0.5) is 10.2 Å². The third kappa shape index (κ3) is 2.85. The van der Waals surface area contributed by atoms with E-state index in [4.69, 9.17) is 0 Å². The van der Waals surface area contributed by atoms with Crippen molar-refractivity contribution in [2.75, 3.05) is 24.5 Å². The lowest BCUT2D eigenvalue weighted by atomic mass is 9.78. The molecule has 1 aromatic heterocycles. The number of nitrogens with zero attached hydrogens (tertiary/aromatic N) is 2. The Balaban J connectivity index is 1.53. The summed E-state index contributed by atoms with van der Waals surface area (Å²) in [5.74, 6) is 0.938. The number of aryl methyl sites for hydroxylation is 1. The number of hydrogen-bond acceptors (Lipinski definition) is 3. The highest BCUT2D eigenvalue weighted by Crippen LogP contribution is 2.43. The summed E-state index contributed by atoms with van der Waals surface area (Å²) in [6.07, 6.45) is 8.42. The average Bonchev–Trinajstić information content (AvgIpc) is 2.94. The third-order valence-corrected chi connectivity index (χ3v) is 6.35. The van der Waals surface area contributed by atoms with Crippen LogP contribution in [0.15, 0.2) is 24.1 Å². The van der Waals surface area contributed by atoms with E-state index in [9.17, 15) is 14.3 Å². The molecule has 0 radical (unpaired) electrons. The fraction of sp³-hybridized carbons (Fsp3) is 0.600. The first-order valence-corrected chi connectivity index (χ1v) is 9.61. The van der Waals surface area contributed by atoms with E-state index in [2.05, 4.69) is 4.98 Å². The standard InChI is InChI=1S/C20H26FN3O2/c1-14-7-10-22-18(17(14)21)23-11-2-8-20(13-23)9-12-24(19(20)26)15-3-5-16(25)6-4-15/h5,7,10,15,25H,2-4,6,8-9,11-13H2,1H3/p+1/t15-,20-/m1/s1. The number of likely N-dealkylation sites (tertiary alicyclic amines) is 1. The lowest BCUT2D eigenvalue weighted by molar-refractivity contribution is -0.367. The number of halogens is 1. The maximum atomic E-state index is 14.6. The van der Waals surface area contributed by atoms with Crippen LogP contribution in [0.2, 0.25) is 0 Å². The van der Waals surface area contributed by atoms with Crippen molar-refractivity contribution >= 4 is 11.7 Å². The summed E-state index contributed by atoms with van der Waals surface area (Å²) in [5, 5.41) is 9.60. The van der Waals surface area contributed by atoms with Gasteiger partial charge in [0.15, 0.2) is 0 Å².